The zero-order valence-electron chi connectivity index (χ0n) is 14.1. The lowest BCUT2D eigenvalue weighted by molar-refractivity contribution is -0.124. The van der Waals surface area contributed by atoms with Gasteiger partial charge in [-0.25, -0.2) is 0 Å². The van der Waals surface area contributed by atoms with Crippen molar-refractivity contribution >= 4 is 21.8 Å². The van der Waals surface area contributed by atoms with Gasteiger partial charge in [-0.15, -0.1) is 0 Å². The molecule has 2 bridgehead atoms. The van der Waals surface area contributed by atoms with Crippen molar-refractivity contribution in [1.82, 2.24) is 5.32 Å². The second-order valence-corrected chi connectivity index (χ2v) is 8.12. The number of aliphatic hydroxyl groups is 1. The van der Waals surface area contributed by atoms with Crippen molar-refractivity contribution < 1.29 is 14.6 Å². The van der Waals surface area contributed by atoms with E-state index in [1.165, 1.54) is 25.7 Å². The van der Waals surface area contributed by atoms with E-state index < -0.39 is 0 Å². The zero-order valence-corrected chi connectivity index (χ0v) is 15.7. The molecule has 4 atom stereocenters. The van der Waals surface area contributed by atoms with Crippen molar-refractivity contribution in [2.45, 2.75) is 45.1 Å². The average molecular weight is 396 g/mol. The number of hydrogen-bond donors (Lipinski definition) is 2. The number of hydrogen-bond acceptors (Lipinski definition) is 3. The smallest absolute Gasteiger partial charge is 0.258 e. The highest BCUT2D eigenvalue weighted by Gasteiger charge is 2.42. The van der Waals surface area contributed by atoms with Gasteiger partial charge in [-0.2, -0.15) is 0 Å². The highest BCUT2D eigenvalue weighted by atomic mass is 79.9. The Hall–Kier alpha value is -1.07. The fourth-order valence-electron chi connectivity index (χ4n) is 4.46. The first-order valence-corrected chi connectivity index (χ1v) is 9.67. The topological polar surface area (TPSA) is 58.6 Å². The molecule has 1 amide bonds. The molecule has 1 aromatic rings. The van der Waals surface area contributed by atoms with Gasteiger partial charge in [-0.3, -0.25) is 4.79 Å². The van der Waals surface area contributed by atoms with Crippen LogP contribution in [0.5, 0.6) is 5.75 Å². The summed E-state index contributed by atoms with van der Waals surface area (Å²) in [6, 6.07) is 5.85. The van der Waals surface area contributed by atoms with Gasteiger partial charge in [0.1, 0.15) is 5.75 Å². The summed E-state index contributed by atoms with van der Waals surface area (Å²) in [6.45, 7) is 2.20. The van der Waals surface area contributed by atoms with E-state index >= 15 is 0 Å². The molecule has 132 valence electrons. The number of carbonyl (C=O) groups excluding carboxylic acids is 1. The van der Waals surface area contributed by atoms with Gasteiger partial charge >= 0.3 is 0 Å². The first-order chi connectivity index (χ1) is 11.6. The normalized spacial score (nSPS) is 26.4. The standard InChI is InChI=1S/C19H26BrNO3/c1-12(17-9-13-2-3-14(17)8-13)21-19(23)11-24-18-5-4-16(20)10-15(18)6-7-22/h4-5,10,12-14,17,22H,2-3,6-9,11H2,1H3,(H,21,23). The van der Waals surface area contributed by atoms with Gasteiger partial charge in [-0.05, 0) is 74.1 Å². The molecule has 2 saturated carbocycles. The van der Waals surface area contributed by atoms with E-state index in [1.54, 1.807) is 0 Å². The summed E-state index contributed by atoms with van der Waals surface area (Å²) >= 11 is 3.42. The average Bonchev–Trinajstić information content (AvgIpc) is 3.17. The number of rotatable bonds is 7. The quantitative estimate of drug-likeness (QED) is 0.744. The summed E-state index contributed by atoms with van der Waals surface area (Å²) < 4.78 is 6.63. The summed E-state index contributed by atoms with van der Waals surface area (Å²) in [5.41, 5.74) is 0.904. The molecule has 2 N–H and O–H groups in total. The van der Waals surface area contributed by atoms with Crippen LogP contribution in [-0.4, -0.2) is 30.3 Å². The third-order valence-electron chi connectivity index (χ3n) is 5.59. The Labute approximate surface area is 152 Å². The molecular formula is C19H26BrNO3. The molecule has 2 aliphatic carbocycles. The predicted octanol–water partition coefficient (Wildman–Crippen LogP) is 3.30. The second kappa shape index (κ2) is 7.87. The molecule has 0 spiro atoms. The van der Waals surface area contributed by atoms with Crippen LogP contribution in [0, 0.1) is 17.8 Å². The molecule has 0 radical (unpaired) electrons. The molecular weight excluding hydrogens is 370 g/mol. The fourth-order valence-corrected chi connectivity index (χ4v) is 4.87. The van der Waals surface area contributed by atoms with E-state index in [2.05, 4.69) is 28.2 Å². The third-order valence-corrected chi connectivity index (χ3v) is 6.08. The summed E-state index contributed by atoms with van der Waals surface area (Å²) in [7, 11) is 0. The van der Waals surface area contributed by atoms with Crippen molar-refractivity contribution in [3.8, 4) is 5.75 Å². The van der Waals surface area contributed by atoms with Crippen LogP contribution in [0.15, 0.2) is 22.7 Å². The van der Waals surface area contributed by atoms with Crippen LogP contribution in [-0.2, 0) is 11.2 Å². The number of benzene rings is 1. The largest absolute Gasteiger partial charge is 0.483 e. The Morgan fingerprint density at radius 3 is 2.92 bits per heavy atom. The third kappa shape index (κ3) is 4.12. The summed E-state index contributed by atoms with van der Waals surface area (Å²) in [5, 5.41) is 12.3. The molecule has 1 aromatic carbocycles. The van der Waals surface area contributed by atoms with Crippen molar-refractivity contribution in [3.05, 3.63) is 28.2 Å². The van der Waals surface area contributed by atoms with Crippen LogP contribution in [0.25, 0.3) is 0 Å². The Balaban J connectivity index is 1.50. The lowest BCUT2D eigenvalue weighted by Crippen LogP contribution is -2.42. The highest BCUT2D eigenvalue weighted by molar-refractivity contribution is 9.10. The number of ether oxygens (including phenoxy) is 1. The van der Waals surface area contributed by atoms with Gasteiger partial charge in [-0.1, -0.05) is 22.4 Å². The maximum Gasteiger partial charge on any atom is 0.258 e. The van der Waals surface area contributed by atoms with Crippen LogP contribution in [0.4, 0.5) is 0 Å². The Bertz CT molecular complexity index is 592. The lowest BCUT2D eigenvalue weighted by atomic mass is 9.84. The summed E-state index contributed by atoms with van der Waals surface area (Å²) in [4.78, 5) is 12.2. The SMILES string of the molecule is CC(NC(=O)COc1ccc(Br)cc1CCO)C1CC2CCC1C2. The van der Waals surface area contributed by atoms with E-state index in [4.69, 9.17) is 9.84 Å². The molecule has 0 aromatic heterocycles. The zero-order chi connectivity index (χ0) is 17.1. The molecule has 4 nitrogen and oxygen atoms in total. The molecule has 4 unspecified atom stereocenters. The minimum atomic E-state index is -0.0665. The van der Waals surface area contributed by atoms with Crippen LogP contribution < -0.4 is 10.1 Å². The van der Waals surface area contributed by atoms with E-state index in [0.717, 1.165) is 21.9 Å². The van der Waals surface area contributed by atoms with Crippen molar-refractivity contribution in [2.24, 2.45) is 17.8 Å². The Morgan fingerprint density at radius 1 is 1.42 bits per heavy atom. The Kier molecular flexibility index (Phi) is 5.82. The molecule has 2 fully saturated rings. The number of halogens is 1. The minimum absolute atomic E-state index is 0.0191. The van der Waals surface area contributed by atoms with Crippen LogP contribution >= 0.6 is 15.9 Å². The molecule has 0 aliphatic heterocycles. The van der Waals surface area contributed by atoms with Crippen molar-refractivity contribution in [1.29, 1.82) is 0 Å². The van der Waals surface area contributed by atoms with E-state index in [9.17, 15) is 4.79 Å². The molecule has 24 heavy (non-hydrogen) atoms. The van der Waals surface area contributed by atoms with Crippen molar-refractivity contribution in [3.63, 3.8) is 0 Å². The van der Waals surface area contributed by atoms with Gasteiger partial charge in [0.05, 0.1) is 0 Å². The van der Waals surface area contributed by atoms with Crippen LogP contribution in [0.2, 0.25) is 0 Å². The van der Waals surface area contributed by atoms with Crippen LogP contribution in [0.3, 0.4) is 0 Å². The lowest BCUT2D eigenvalue weighted by Gasteiger charge is -2.28. The fraction of sp³-hybridized carbons (Fsp3) is 0.632. The van der Waals surface area contributed by atoms with Gasteiger partial charge in [0.2, 0.25) is 0 Å². The van der Waals surface area contributed by atoms with Gasteiger partial charge < -0.3 is 15.2 Å². The first-order valence-electron chi connectivity index (χ1n) is 8.88. The number of nitrogens with one attached hydrogen (secondary N) is 1. The number of amides is 1. The Morgan fingerprint density at radius 2 is 2.25 bits per heavy atom. The predicted molar refractivity (Wildman–Crippen MR) is 97.0 cm³/mol. The van der Waals surface area contributed by atoms with Gasteiger partial charge in [0.15, 0.2) is 6.61 Å². The summed E-state index contributed by atoms with van der Waals surface area (Å²) in [6.07, 6.45) is 5.83. The minimum Gasteiger partial charge on any atom is -0.483 e. The van der Waals surface area contributed by atoms with Gasteiger partial charge in [0, 0.05) is 17.1 Å². The molecule has 5 heteroatoms. The highest BCUT2D eigenvalue weighted by Crippen LogP contribution is 2.49. The molecule has 0 heterocycles. The number of fused-ring (bicyclic) bond motifs is 2. The van der Waals surface area contributed by atoms with E-state index in [1.807, 2.05) is 18.2 Å². The van der Waals surface area contributed by atoms with Crippen molar-refractivity contribution in [2.75, 3.05) is 13.2 Å². The first kappa shape index (κ1) is 17.7. The maximum absolute atomic E-state index is 12.2. The second-order valence-electron chi connectivity index (χ2n) is 7.21. The van der Waals surface area contributed by atoms with E-state index in [0.29, 0.717) is 18.1 Å². The number of carbonyl (C=O) groups is 1. The summed E-state index contributed by atoms with van der Waals surface area (Å²) in [5.74, 6) is 2.91. The maximum atomic E-state index is 12.2. The van der Waals surface area contributed by atoms with E-state index in [-0.39, 0.29) is 25.2 Å². The van der Waals surface area contributed by atoms with Crippen LogP contribution in [0.1, 0.15) is 38.2 Å². The van der Waals surface area contributed by atoms with Gasteiger partial charge in [0.25, 0.3) is 5.91 Å². The number of aliphatic hydroxyl groups excluding tert-OH is 1. The molecule has 2 aliphatic rings. The molecule has 0 saturated heterocycles. The molecule has 3 rings (SSSR count). The monoisotopic (exact) mass is 395 g/mol.